The summed E-state index contributed by atoms with van der Waals surface area (Å²) in [6.45, 7) is 0. The third-order valence-electron chi connectivity index (χ3n) is 5.90. The standard InChI is InChI=1S/C26H14ClF10N3O2/c1-39-22(42)16-7-3-6-15(17(16)11-38)12-4-2-5-13(8-12)21(41)40-20-18(24(29,30)31)9-14(10-19(20)27)23(28,25(32,33)34)26(35,36)37/h2-10H,1H3,(H,39,42)(H,40,41). The minimum atomic E-state index is -6.72. The van der Waals surface area contributed by atoms with Gasteiger partial charge in [-0.3, -0.25) is 9.59 Å². The monoisotopic (exact) mass is 625 g/mol. The smallest absolute Gasteiger partial charge is 0.355 e. The average molecular weight is 626 g/mol. The summed E-state index contributed by atoms with van der Waals surface area (Å²) >= 11 is 5.62. The second kappa shape index (κ2) is 11.2. The van der Waals surface area contributed by atoms with Gasteiger partial charge in [0.25, 0.3) is 11.8 Å². The van der Waals surface area contributed by atoms with Crippen LogP contribution in [0.3, 0.4) is 0 Å². The maximum absolute atomic E-state index is 14.5. The second-order valence-electron chi connectivity index (χ2n) is 8.49. The highest BCUT2D eigenvalue weighted by molar-refractivity contribution is 6.34. The molecular formula is C26H14ClF10N3O2. The van der Waals surface area contributed by atoms with Crippen LogP contribution in [0.1, 0.15) is 37.4 Å². The molecule has 0 aliphatic carbocycles. The van der Waals surface area contributed by atoms with E-state index in [-0.39, 0.29) is 33.9 Å². The van der Waals surface area contributed by atoms with Gasteiger partial charge >= 0.3 is 24.2 Å². The first kappa shape index (κ1) is 32.2. The van der Waals surface area contributed by atoms with Crippen molar-refractivity contribution < 1.29 is 53.5 Å². The first-order valence-corrected chi connectivity index (χ1v) is 11.6. The third kappa shape index (κ3) is 5.85. The molecule has 16 heteroatoms. The molecule has 5 nitrogen and oxygen atoms in total. The summed E-state index contributed by atoms with van der Waals surface area (Å²) < 4.78 is 135. The topological polar surface area (TPSA) is 82.0 Å². The highest BCUT2D eigenvalue weighted by Crippen LogP contribution is 2.55. The van der Waals surface area contributed by atoms with Gasteiger partial charge in [0.1, 0.15) is 6.07 Å². The number of alkyl halides is 10. The molecule has 0 aliphatic heterocycles. The van der Waals surface area contributed by atoms with Crippen molar-refractivity contribution in [3.05, 3.63) is 87.4 Å². The predicted molar refractivity (Wildman–Crippen MR) is 129 cm³/mol. The second-order valence-corrected chi connectivity index (χ2v) is 8.89. The fourth-order valence-electron chi connectivity index (χ4n) is 3.90. The van der Waals surface area contributed by atoms with Crippen LogP contribution in [0.25, 0.3) is 11.1 Å². The number of amides is 2. The molecule has 0 saturated carbocycles. The predicted octanol–water partition coefficient (Wildman–Crippen LogP) is 7.80. The Morgan fingerprint density at radius 3 is 1.95 bits per heavy atom. The fourth-order valence-corrected chi connectivity index (χ4v) is 4.16. The van der Waals surface area contributed by atoms with Crippen molar-refractivity contribution in [1.82, 2.24) is 5.32 Å². The third-order valence-corrected chi connectivity index (χ3v) is 6.19. The molecule has 3 aromatic rings. The molecule has 3 aromatic carbocycles. The molecule has 0 aliphatic rings. The summed E-state index contributed by atoms with van der Waals surface area (Å²) in [5.74, 6) is -1.97. The number of carbonyl (C=O) groups is 2. The molecule has 0 atom stereocenters. The van der Waals surface area contributed by atoms with E-state index in [2.05, 4.69) is 5.32 Å². The van der Waals surface area contributed by atoms with Crippen LogP contribution in [0.2, 0.25) is 5.02 Å². The van der Waals surface area contributed by atoms with Crippen molar-refractivity contribution in [2.75, 3.05) is 12.4 Å². The summed E-state index contributed by atoms with van der Waals surface area (Å²) in [5, 5.41) is 12.2. The van der Waals surface area contributed by atoms with Crippen molar-refractivity contribution in [2.45, 2.75) is 24.2 Å². The van der Waals surface area contributed by atoms with Gasteiger partial charge in [-0.25, -0.2) is 4.39 Å². The van der Waals surface area contributed by atoms with E-state index in [1.165, 1.54) is 37.4 Å². The molecule has 0 fully saturated rings. The largest absolute Gasteiger partial charge is 0.435 e. The van der Waals surface area contributed by atoms with Crippen molar-refractivity contribution in [1.29, 1.82) is 5.26 Å². The maximum atomic E-state index is 14.5. The highest BCUT2D eigenvalue weighted by Gasteiger charge is 2.73. The summed E-state index contributed by atoms with van der Waals surface area (Å²) in [7, 11) is 1.31. The molecule has 0 unspecified atom stereocenters. The Hall–Kier alpha value is -4.32. The van der Waals surface area contributed by atoms with Crippen LogP contribution in [0, 0.1) is 11.3 Å². The molecule has 0 heterocycles. The van der Waals surface area contributed by atoms with Crippen LogP contribution < -0.4 is 10.6 Å². The normalized spacial score (nSPS) is 12.5. The Morgan fingerprint density at radius 1 is 0.833 bits per heavy atom. The number of carbonyl (C=O) groups excluding carboxylic acids is 2. The molecule has 0 bridgehead atoms. The Morgan fingerprint density at radius 2 is 1.43 bits per heavy atom. The van der Waals surface area contributed by atoms with Crippen LogP contribution >= 0.6 is 11.6 Å². The van der Waals surface area contributed by atoms with Gasteiger partial charge in [0, 0.05) is 23.7 Å². The minimum Gasteiger partial charge on any atom is -0.355 e. The number of benzene rings is 3. The fraction of sp³-hybridized carbons (Fsp3) is 0.192. The van der Waals surface area contributed by atoms with E-state index in [0.717, 1.165) is 12.1 Å². The number of nitriles is 1. The highest BCUT2D eigenvalue weighted by atomic mass is 35.5. The lowest BCUT2D eigenvalue weighted by atomic mass is 9.91. The van der Waals surface area contributed by atoms with Crippen LogP contribution in [-0.2, 0) is 11.8 Å². The van der Waals surface area contributed by atoms with Crippen molar-refractivity contribution in [3.8, 4) is 17.2 Å². The first-order valence-electron chi connectivity index (χ1n) is 11.2. The molecule has 222 valence electrons. The summed E-state index contributed by atoms with van der Waals surface area (Å²) in [5.41, 5.74) is -12.7. The number of nitrogens with zero attached hydrogens (tertiary/aromatic N) is 1. The van der Waals surface area contributed by atoms with Crippen LogP contribution in [0.4, 0.5) is 49.6 Å². The lowest BCUT2D eigenvalue weighted by molar-refractivity contribution is -0.348. The van der Waals surface area contributed by atoms with Crippen LogP contribution in [0.15, 0.2) is 54.6 Å². The molecule has 0 spiro atoms. The maximum Gasteiger partial charge on any atom is 0.435 e. The lowest BCUT2D eigenvalue weighted by Crippen LogP contribution is -2.50. The summed E-state index contributed by atoms with van der Waals surface area (Å²) in [4.78, 5) is 25.0. The first-order chi connectivity index (χ1) is 19.3. The molecular weight excluding hydrogens is 612 g/mol. The van der Waals surface area contributed by atoms with E-state index in [1.807, 2.05) is 6.07 Å². The number of hydrogen-bond donors (Lipinski definition) is 2. The Bertz CT molecular complexity index is 1580. The van der Waals surface area contributed by atoms with Gasteiger partial charge in [-0.2, -0.15) is 44.8 Å². The van der Waals surface area contributed by atoms with E-state index < -0.39 is 63.9 Å². The Labute approximate surface area is 234 Å². The van der Waals surface area contributed by atoms with Crippen molar-refractivity contribution in [3.63, 3.8) is 0 Å². The number of nitrogens with one attached hydrogen (secondary N) is 2. The molecule has 2 N–H and O–H groups in total. The van der Waals surface area contributed by atoms with Gasteiger partial charge in [-0.1, -0.05) is 35.9 Å². The van der Waals surface area contributed by atoms with Gasteiger partial charge in [0.2, 0.25) is 0 Å². The molecule has 0 aromatic heterocycles. The van der Waals surface area contributed by atoms with Crippen molar-refractivity contribution >= 4 is 29.1 Å². The summed E-state index contributed by atoms with van der Waals surface area (Å²) in [6, 6.07) is 9.77. The van der Waals surface area contributed by atoms with E-state index >= 15 is 0 Å². The SMILES string of the molecule is CNC(=O)c1cccc(-c2cccc(C(=O)Nc3c(Cl)cc(C(F)(C(F)(F)F)C(F)(F)F)cc3C(F)(F)F)c2)c1C#N. The quantitative estimate of drug-likeness (QED) is 0.284. The van der Waals surface area contributed by atoms with Gasteiger partial charge in [-0.15, -0.1) is 0 Å². The number of halogens is 11. The summed E-state index contributed by atoms with van der Waals surface area (Å²) in [6.07, 6.45) is -19.1. The molecule has 3 rings (SSSR count). The van der Waals surface area contributed by atoms with E-state index in [0.29, 0.717) is 0 Å². The number of rotatable bonds is 5. The van der Waals surface area contributed by atoms with Crippen LogP contribution in [-0.4, -0.2) is 31.2 Å². The lowest BCUT2D eigenvalue weighted by Gasteiger charge is -2.31. The molecule has 0 saturated heterocycles. The Kier molecular flexibility index (Phi) is 8.56. The zero-order valence-electron chi connectivity index (χ0n) is 20.6. The van der Waals surface area contributed by atoms with Crippen molar-refractivity contribution in [2.24, 2.45) is 0 Å². The zero-order chi connectivity index (χ0) is 31.8. The Balaban J connectivity index is 2.12. The van der Waals surface area contributed by atoms with Gasteiger partial charge in [0.05, 0.1) is 27.4 Å². The number of hydrogen-bond acceptors (Lipinski definition) is 3. The van der Waals surface area contributed by atoms with E-state index in [1.54, 1.807) is 5.32 Å². The number of anilines is 1. The molecule has 2 amide bonds. The van der Waals surface area contributed by atoms with E-state index in [9.17, 15) is 58.8 Å². The van der Waals surface area contributed by atoms with Crippen LogP contribution in [0.5, 0.6) is 0 Å². The minimum absolute atomic E-state index is 0.0318. The molecule has 42 heavy (non-hydrogen) atoms. The molecule has 0 radical (unpaired) electrons. The zero-order valence-corrected chi connectivity index (χ0v) is 21.4. The average Bonchev–Trinajstić information content (AvgIpc) is 2.90. The van der Waals surface area contributed by atoms with Gasteiger partial charge in [0.15, 0.2) is 0 Å². The van der Waals surface area contributed by atoms with Gasteiger partial charge < -0.3 is 10.6 Å². The van der Waals surface area contributed by atoms with E-state index in [4.69, 9.17) is 11.6 Å². The van der Waals surface area contributed by atoms with Gasteiger partial charge in [-0.05, 0) is 35.9 Å².